The first kappa shape index (κ1) is 23.6. The maximum absolute atomic E-state index is 13.5. The lowest BCUT2D eigenvalue weighted by molar-refractivity contribution is -0.138. The summed E-state index contributed by atoms with van der Waals surface area (Å²) in [7, 11) is 2.08. The minimum Gasteiger partial charge on any atom is -0.348 e. The Morgan fingerprint density at radius 2 is 1.86 bits per heavy atom. The van der Waals surface area contributed by atoms with E-state index in [1.165, 1.54) is 23.9 Å². The Balaban J connectivity index is 1.36. The number of fused-ring (bicyclic) bond motifs is 1. The van der Waals surface area contributed by atoms with Crippen molar-refractivity contribution in [3.05, 3.63) is 69.8 Å². The molecule has 0 bridgehead atoms. The number of likely N-dealkylation sites (N-methyl/N-ethyl adjacent to an activating group) is 1. The molecule has 3 heterocycles. The molecule has 35 heavy (non-hydrogen) atoms. The molecule has 0 saturated carbocycles. The van der Waals surface area contributed by atoms with E-state index < -0.39 is 11.7 Å². The molecule has 0 N–H and O–H groups in total. The highest BCUT2D eigenvalue weighted by atomic mass is 32.2. The van der Waals surface area contributed by atoms with Crippen molar-refractivity contribution in [1.82, 2.24) is 19.6 Å². The zero-order valence-electron chi connectivity index (χ0n) is 19.3. The molecule has 2 aliphatic rings. The SMILES string of the molecule is Cc1ccc(Cn2ncc3cc(/C=C4\SC(N5CCN(C)CC5)=NC4=O)ccc32)c(C(F)(F)F)c1. The average Bonchev–Trinajstić information content (AvgIpc) is 3.38. The predicted octanol–water partition coefficient (Wildman–Crippen LogP) is 4.63. The number of rotatable bonds is 3. The summed E-state index contributed by atoms with van der Waals surface area (Å²) < 4.78 is 42.2. The van der Waals surface area contributed by atoms with Crippen LogP contribution >= 0.6 is 11.8 Å². The van der Waals surface area contributed by atoms with E-state index in [0.717, 1.165) is 47.8 Å². The number of hydrogen-bond acceptors (Lipinski definition) is 5. The Bertz CT molecular complexity index is 1350. The summed E-state index contributed by atoms with van der Waals surface area (Å²) in [6.45, 7) is 5.19. The lowest BCUT2D eigenvalue weighted by Crippen LogP contribution is -2.46. The highest BCUT2D eigenvalue weighted by molar-refractivity contribution is 8.18. The van der Waals surface area contributed by atoms with Crippen molar-refractivity contribution in [2.75, 3.05) is 33.2 Å². The third-order valence-corrected chi connectivity index (χ3v) is 7.28. The van der Waals surface area contributed by atoms with Gasteiger partial charge in [0, 0.05) is 31.6 Å². The van der Waals surface area contributed by atoms with Crippen LogP contribution in [-0.4, -0.2) is 63.9 Å². The molecule has 10 heteroatoms. The van der Waals surface area contributed by atoms with Gasteiger partial charge in [-0.25, -0.2) is 0 Å². The van der Waals surface area contributed by atoms with Gasteiger partial charge in [0.2, 0.25) is 0 Å². The Morgan fingerprint density at radius 1 is 1.09 bits per heavy atom. The number of amidine groups is 1. The van der Waals surface area contributed by atoms with Gasteiger partial charge in [-0.3, -0.25) is 9.48 Å². The number of nitrogens with zero attached hydrogens (tertiary/aromatic N) is 5. The second-order valence-corrected chi connectivity index (χ2v) is 9.89. The van der Waals surface area contributed by atoms with E-state index >= 15 is 0 Å². The number of thioether (sulfide) groups is 1. The predicted molar refractivity (Wildman–Crippen MR) is 132 cm³/mol. The maximum Gasteiger partial charge on any atom is 0.416 e. The molecule has 0 radical (unpaired) electrons. The van der Waals surface area contributed by atoms with Gasteiger partial charge < -0.3 is 9.80 Å². The Kier molecular flexibility index (Phi) is 6.18. The van der Waals surface area contributed by atoms with Gasteiger partial charge in [-0.1, -0.05) is 23.8 Å². The van der Waals surface area contributed by atoms with Gasteiger partial charge in [0.25, 0.3) is 5.91 Å². The van der Waals surface area contributed by atoms with Crippen LogP contribution in [-0.2, 0) is 17.5 Å². The van der Waals surface area contributed by atoms with E-state index in [0.29, 0.717) is 10.5 Å². The summed E-state index contributed by atoms with van der Waals surface area (Å²) in [6, 6.07) is 9.89. The molecule has 0 spiro atoms. The van der Waals surface area contributed by atoms with Crippen LogP contribution < -0.4 is 0 Å². The molecule has 1 fully saturated rings. The number of carbonyl (C=O) groups is 1. The van der Waals surface area contributed by atoms with Crippen LogP contribution in [0.4, 0.5) is 13.2 Å². The molecule has 5 rings (SSSR count). The molecule has 182 valence electrons. The molecular weight excluding hydrogens is 475 g/mol. The number of piperazine rings is 1. The quantitative estimate of drug-likeness (QED) is 0.492. The van der Waals surface area contributed by atoms with Crippen LogP contribution in [0.5, 0.6) is 0 Å². The molecule has 2 aromatic carbocycles. The molecule has 2 aliphatic heterocycles. The fourth-order valence-electron chi connectivity index (χ4n) is 4.26. The molecule has 0 aliphatic carbocycles. The second-order valence-electron chi connectivity index (χ2n) is 8.88. The summed E-state index contributed by atoms with van der Waals surface area (Å²) in [6.07, 6.45) is -0.993. The van der Waals surface area contributed by atoms with Crippen LogP contribution in [0.15, 0.2) is 52.5 Å². The van der Waals surface area contributed by atoms with Crippen LogP contribution in [0, 0.1) is 6.92 Å². The second kappa shape index (κ2) is 9.16. The summed E-state index contributed by atoms with van der Waals surface area (Å²) in [5.41, 5.74) is 1.62. The van der Waals surface area contributed by atoms with E-state index in [9.17, 15) is 18.0 Å². The number of benzene rings is 2. The zero-order valence-corrected chi connectivity index (χ0v) is 20.2. The smallest absolute Gasteiger partial charge is 0.348 e. The lowest BCUT2D eigenvalue weighted by atomic mass is 10.0. The number of aryl methyl sites for hydroxylation is 1. The lowest BCUT2D eigenvalue weighted by Gasteiger charge is -2.32. The maximum atomic E-state index is 13.5. The Hall–Kier alpha value is -3.11. The minimum atomic E-state index is -4.43. The molecule has 1 aromatic heterocycles. The number of alkyl halides is 3. The van der Waals surface area contributed by atoms with Crippen LogP contribution in [0.2, 0.25) is 0 Å². The van der Waals surface area contributed by atoms with Gasteiger partial charge in [0.15, 0.2) is 5.17 Å². The van der Waals surface area contributed by atoms with Gasteiger partial charge in [0.1, 0.15) is 0 Å². The Morgan fingerprint density at radius 3 is 2.60 bits per heavy atom. The van der Waals surface area contributed by atoms with E-state index in [4.69, 9.17) is 0 Å². The van der Waals surface area contributed by atoms with Crippen molar-refractivity contribution in [2.45, 2.75) is 19.6 Å². The first-order valence-corrected chi connectivity index (χ1v) is 12.1. The third-order valence-electron chi connectivity index (χ3n) is 6.24. The van der Waals surface area contributed by atoms with Gasteiger partial charge in [0.05, 0.1) is 28.7 Å². The number of carbonyl (C=O) groups excluding carboxylic acids is 1. The van der Waals surface area contributed by atoms with E-state index in [2.05, 4.69) is 26.9 Å². The molecule has 1 saturated heterocycles. The number of aliphatic imine (C=N–C) groups is 1. The minimum absolute atomic E-state index is 0.00954. The van der Waals surface area contributed by atoms with Gasteiger partial charge in [-0.2, -0.15) is 23.3 Å². The standard InChI is InChI=1S/C25H24F3N5OS/c1-16-3-5-18(20(11-16)25(26,27)28)15-33-21-6-4-17(12-19(21)14-29-33)13-22-23(34)30-24(35-22)32-9-7-31(2)8-10-32/h3-6,11-14H,7-10,15H2,1-2H3/b22-13-. The van der Waals surface area contributed by atoms with Crippen molar-refractivity contribution < 1.29 is 18.0 Å². The average molecular weight is 500 g/mol. The summed E-state index contributed by atoms with van der Waals surface area (Å²) in [4.78, 5) is 21.7. The van der Waals surface area contributed by atoms with E-state index in [1.54, 1.807) is 29.9 Å². The highest BCUT2D eigenvalue weighted by Crippen LogP contribution is 2.34. The van der Waals surface area contributed by atoms with Crippen molar-refractivity contribution >= 4 is 39.8 Å². The molecular formula is C25H24F3N5OS. The molecule has 0 unspecified atom stereocenters. The first-order chi connectivity index (χ1) is 16.7. The molecule has 0 atom stereocenters. The van der Waals surface area contributed by atoms with Gasteiger partial charge >= 0.3 is 6.18 Å². The first-order valence-electron chi connectivity index (χ1n) is 11.3. The third kappa shape index (κ3) is 4.99. The monoisotopic (exact) mass is 499 g/mol. The summed E-state index contributed by atoms with van der Waals surface area (Å²) >= 11 is 1.38. The van der Waals surface area contributed by atoms with Gasteiger partial charge in [-0.15, -0.1) is 0 Å². The number of amides is 1. The zero-order chi connectivity index (χ0) is 24.7. The highest BCUT2D eigenvalue weighted by Gasteiger charge is 2.33. The van der Waals surface area contributed by atoms with E-state index in [-0.39, 0.29) is 18.0 Å². The summed E-state index contributed by atoms with van der Waals surface area (Å²) in [5.74, 6) is -0.251. The molecule has 3 aromatic rings. The van der Waals surface area contributed by atoms with Crippen LogP contribution in [0.25, 0.3) is 17.0 Å². The van der Waals surface area contributed by atoms with Crippen molar-refractivity contribution in [3.8, 4) is 0 Å². The van der Waals surface area contributed by atoms with Crippen molar-refractivity contribution in [2.24, 2.45) is 4.99 Å². The number of aromatic nitrogens is 2. The summed E-state index contributed by atoms with van der Waals surface area (Å²) in [5, 5.41) is 5.85. The Labute approximate surface area is 205 Å². The van der Waals surface area contributed by atoms with Crippen molar-refractivity contribution in [3.63, 3.8) is 0 Å². The fraction of sp³-hybridized carbons (Fsp3) is 0.320. The fourth-order valence-corrected chi connectivity index (χ4v) is 5.22. The van der Waals surface area contributed by atoms with E-state index in [1.807, 2.05) is 18.2 Å². The number of hydrogen-bond donors (Lipinski definition) is 0. The topological polar surface area (TPSA) is 53.7 Å². The normalized spacial score (nSPS) is 18.7. The van der Waals surface area contributed by atoms with Crippen LogP contribution in [0.3, 0.4) is 0 Å². The largest absolute Gasteiger partial charge is 0.416 e. The molecule has 6 nitrogen and oxygen atoms in total. The number of halogens is 3. The van der Waals surface area contributed by atoms with Crippen molar-refractivity contribution in [1.29, 1.82) is 0 Å². The molecule has 1 amide bonds. The van der Waals surface area contributed by atoms with Gasteiger partial charge in [-0.05, 0) is 61.1 Å². The van der Waals surface area contributed by atoms with Crippen LogP contribution in [0.1, 0.15) is 22.3 Å².